The van der Waals surface area contributed by atoms with Crippen LogP contribution >= 0.6 is 23.5 Å². The zero-order valence-electron chi connectivity index (χ0n) is 14.9. The summed E-state index contributed by atoms with van der Waals surface area (Å²) in [5, 5.41) is 11.1. The molecule has 2 aromatic heterocycles. The number of aromatic nitrogens is 4. The van der Waals surface area contributed by atoms with Crippen molar-refractivity contribution in [3.05, 3.63) is 16.7 Å². The second-order valence-electron chi connectivity index (χ2n) is 5.85. The van der Waals surface area contributed by atoms with Crippen LogP contribution in [0.2, 0.25) is 0 Å². The van der Waals surface area contributed by atoms with Crippen LogP contribution in [0.1, 0.15) is 0 Å². The molecule has 0 aliphatic carbocycles. The van der Waals surface area contributed by atoms with Gasteiger partial charge in [0.15, 0.2) is 11.2 Å². The Balaban J connectivity index is 1.67. The second-order valence-corrected chi connectivity index (χ2v) is 10.3. The summed E-state index contributed by atoms with van der Waals surface area (Å²) in [6.07, 6.45) is -1.55. The van der Waals surface area contributed by atoms with Crippen molar-refractivity contribution in [3.63, 3.8) is 0 Å². The number of nitrogens with one attached hydrogen (secondary N) is 1. The molecule has 0 amide bonds. The lowest BCUT2D eigenvalue weighted by Gasteiger charge is -2.20. The van der Waals surface area contributed by atoms with Gasteiger partial charge in [0, 0.05) is 0 Å². The molecule has 3 rings (SSSR count). The topological polar surface area (TPSA) is 282 Å². The minimum Gasteiger partial charge on any atom is -0.388 e. The number of anilines is 1. The van der Waals surface area contributed by atoms with Crippen LogP contribution in [0.3, 0.4) is 0 Å². The Bertz CT molecular complexity index is 1180. The van der Waals surface area contributed by atoms with E-state index in [4.69, 9.17) is 25.3 Å². The van der Waals surface area contributed by atoms with Crippen LogP contribution in [0, 0.1) is 0 Å². The fourth-order valence-corrected chi connectivity index (χ4v) is 5.41. The summed E-state index contributed by atoms with van der Waals surface area (Å²) < 4.78 is 46.3. The average Bonchev–Trinajstić information content (AvgIpc) is 3.13. The zero-order chi connectivity index (χ0) is 23.2. The number of nitrogen functional groups attached to an aromatic ring is 1. The number of phosphoric ester groups is 1. The molecule has 1 aliphatic rings. The molecule has 2 aromatic rings. The molecule has 4 atom stereocenters. The lowest BCUT2D eigenvalue weighted by molar-refractivity contribution is -0.0209. The van der Waals surface area contributed by atoms with Gasteiger partial charge >= 0.3 is 23.5 Å². The van der Waals surface area contributed by atoms with E-state index in [2.05, 4.69) is 28.1 Å². The van der Waals surface area contributed by atoms with Crippen molar-refractivity contribution < 1.29 is 56.4 Å². The highest BCUT2D eigenvalue weighted by molar-refractivity contribution is 7.66. The van der Waals surface area contributed by atoms with E-state index in [0.29, 0.717) is 0 Å². The van der Waals surface area contributed by atoms with Crippen molar-refractivity contribution in [2.45, 2.75) is 12.2 Å². The van der Waals surface area contributed by atoms with E-state index in [1.54, 1.807) is 0 Å². The van der Waals surface area contributed by atoms with E-state index in [1.165, 1.54) is 0 Å². The van der Waals surface area contributed by atoms with Gasteiger partial charge in [-0.2, -0.15) is 18.8 Å². The first-order chi connectivity index (χ1) is 14.2. The number of β-amino-alcohol motifs (C(OH)–C–C–N with tert-alkyl or cyclic N) is 1. The van der Waals surface area contributed by atoms with Crippen LogP contribution in [-0.2, 0) is 31.7 Å². The summed E-state index contributed by atoms with van der Waals surface area (Å²) in [4.78, 5) is 62.6. The Morgan fingerprint density at radius 1 is 1.23 bits per heavy atom. The molecular formula is C9H15N6O13P3. The molecule has 2 unspecified atom stereocenters. The molecule has 1 saturated heterocycles. The summed E-state index contributed by atoms with van der Waals surface area (Å²) in [7, 11) is -16.6. The fourth-order valence-electron chi connectivity index (χ4n) is 2.38. The molecule has 0 radical (unpaired) electrons. The highest BCUT2D eigenvalue weighted by atomic mass is 31.3. The van der Waals surface area contributed by atoms with Gasteiger partial charge in [0.2, 0.25) is 5.95 Å². The van der Waals surface area contributed by atoms with Gasteiger partial charge in [0.1, 0.15) is 18.5 Å². The Kier molecular flexibility index (Phi) is 6.43. The largest absolute Gasteiger partial charge is 0.490 e. The van der Waals surface area contributed by atoms with Crippen LogP contribution in [0.4, 0.5) is 5.95 Å². The van der Waals surface area contributed by atoms with Crippen molar-refractivity contribution in [3.8, 4) is 0 Å². The summed E-state index contributed by atoms with van der Waals surface area (Å²) in [6.45, 7) is -1.14. The van der Waals surface area contributed by atoms with E-state index in [1.807, 2.05) is 0 Å². The number of hydroxylamine groups is 1. The molecule has 174 valence electrons. The lowest BCUT2D eigenvalue weighted by atomic mass is 10.2. The third-order valence-electron chi connectivity index (χ3n) is 3.50. The first-order valence-corrected chi connectivity index (χ1v) is 12.3. The minimum absolute atomic E-state index is 0.0259. The number of nitrogens with two attached hydrogens (primary N) is 1. The van der Waals surface area contributed by atoms with Crippen molar-refractivity contribution in [2.24, 2.45) is 0 Å². The fraction of sp³-hybridized carbons (Fsp3) is 0.444. The van der Waals surface area contributed by atoms with Gasteiger partial charge < -0.3 is 30.4 Å². The van der Waals surface area contributed by atoms with Gasteiger partial charge in [-0.15, -0.1) is 0 Å². The Morgan fingerprint density at radius 3 is 2.55 bits per heavy atom. The third kappa shape index (κ3) is 5.95. The second kappa shape index (κ2) is 8.32. The van der Waals surface area contributed by atoms with Crippen molar-refractivity contribution in [1.82, 2.24) is 19.6 Å². The maximum atomic E-state index is 11.8. The number of aliphatic hydroxyl groups excluding tert-OH is 1. The van der Waals surface area contributed by atoms with Gasteiger partial charge in [0.05, 0.1) is 13.2 Å². The third-order valence-corrected chi connectivity index (χ3v) is 7.30. The maximum absolute atomic E-state index is 11.8. The van der Waals surface area contributed by atoms with E-state index in [9.17, 15) is 28.5 Å². The summed E-state index contributed by atoms with van der Waals surface area (Å²) >= 11 is 0. The van der Waals surface area contributed by atoms with Crippen LogP contribution in [0.25, 0.3) is 11.2 Å². The maximum Gasteiger partial charge on any atom is 0.490 e. The van der Waals surface area contributed by atoms with Gasteiger partial charge in [-0.25, -0.2) is 28.2 Å². The summed E-state index contributed by atoms with van der Waals surface area (Å²) in [5.74, 6) is -0.219. The number of phosphoric acid groups is 3. The van der Waals surface area contributed by atoms with Crippen molar-refractivity contribution in [1.29, 1.82) is 0 Å². The van der Waals surface area contributed by atoms with Gasteiger partial charge in [0.25, 0.3) is 5.56 Å². The standard InChI is InChI=1S/C9H15N6O13P3/c10-9-12-7-6(8(17)13-9)11-3-14(7)15-1-4(16)5(26-15)2-25-30(21,22)28-31(23,24)27-29(18,19)20/h3-5,16H,1-2H2,(H,21,22)(H,23,24)(H2,18,19,20)(H3,10,12,13,17)/t4-,5+/m0/s1. The molecule has 19 nitrogen and oxygen atoms in total. The van der Waals surface area contributed by atoms with Gasteiger partial charge in [-0.05, 0) is 0 Å². The molecule has 0 aromatic carbocycles. The van der Waals surface area contributed by atoms with Crippen LogP contribution in [0.5, 0.6) is 0 Å². The number of fused-ring (bicyclic) bond motifs is 1. The number of imidazole rings is 1. The average molecular weight is 508 g/mol. The number of aliphatic hydroxyl groups is 1. The van der Waals surface area contributed by atoms with Crippen LogP contribution in [-0.4, -0.2) is 69.7 Å². The number of nitrogens with zero attached hydrogens (tertiary/aromatic N) is 4. The molecule has 3 heterocycles. The monoisotopic (exact) mass is 508 g/mol. The number of hydrogen-bond donors (Lipinski definition) is 7. The molecule has 0 spiro atoms. The highest BCUT2D eigenvalue weighted by Crippen LogP contribution is 2.66. The van der Waals surface area contributed by atoms with Crippen molar-refractivity contribution >= 4 is 40.6 Å². The van der Waals surface area contributed by atoms with E-state index < -0.39 is 47.8 Å². The Hall–Kier alpha value is -1.72. The van der Waals surface area contributed by atoms with Crippen molar-refractivity contribution in [2.75, 3.05) is 24.1 Å². The number of H-pyrrole nitrogens is 1. The summed E-state index contributed by atoms with van der Waals surface area (Å²) in [5.41, 5.74) is 4.73. The molecule has 8 N–H and O–H groups in total. The predicted molar refractivity (Wildman–Crippen MR) is 96.3 cm³/mol. The van der Waals surface area contributed by atoms with Crippen LogP contribution in [0.15, 0.2) is 11.1 Å². The van der Waals surface area contributed by atoms with E-state index in [-0.39, 0.29) is 23.7 Å². The highest BCUT2D eigenvalue weighted by Gasteiger charge is 2.42. The molecule has 31 heavy (non-hydrogen) atoms. The van der Waals surface area contributed by atoms with Gasteiger partial charge in [-0.1, -0.05) is 0 Å². The number of aromatic amines is 1. The first kappa shape index (κ1) is 23.9. The normalized spacial score (nSPS) is 23.7. The first-order valence-electron chi connectivity index (χ1n) is 7.80. The zero-order valence-corrected chi connectivity index (χ0v) is 17.5. The lowest BCUT2D eigenvalue weighted by Crippen LogP contribution is -2.31. The molecule has 0 bridgehead atoms. The van der Waals surface area contributed by atoms with E-state index >= 15 is 0 Å². The molecule has 1 fully saturated rings. The summed E-state index contributed by atoms with van der Waals surface area (Å²) in [6, 6.07) is 0. The number of rotatable bonds is 8. The van der Waals surface area contributed by atoms with Crippen LogP contribution < -0.4 is 16.5 Å². The van der Waals surface area contributed by atoms with E-state index in [0.717, 1.165) is 16.2 Å². The minimum atomic E-state index is -5.68. The smallest absolute Gasteiger partial charge is 0.388 e. The Morgan fingerprint density at radius 2 is 1.90 bits per heavy atom. The number of hydrogen-bond acceptors (Lipinski definition) is 13. The SMILES string of the molecule is Nc1nc2c(ncn2N2C[C@H](O)[C@@H](COP(=O)(O)OP(=O)(O)OP(=O)(O)O)O2)c(=O)[nH]1. The predicted octanol–water partition coefficient (Wildman–Crippen LogP) is -2.34. The molecular weight excluding hydrogens is 493 g/mol. The van der Waals surface area contributed by atoms with Gasteiger partial charge in [-0.3, -0.25) is 14.3 Å². The molecule has 1 aliphatic heterocycles. The quantitative estimate of drug-likeness (QED) is 0.184. The molecule has 22 heteroatoms. The Labute approximate surface area is 170 Å². The molecule has 0 saturated carbocycles.